The maximum Gasteiger partial charge on any atom is 0.156 e. The van der Waals surface area contributed by atoms with E-state index < -0.39 is 5.41 Å². The first-order valence-corrected chi connectivity index (χ1v) is 3.74. The molecule has 0 bridgehead atoms. The molecule has 0 saturated heterocycles. The van der Waals surface area contributed by atoms with Gasteiger partial charge in [0.05, 0.1) is 6.07 Å². The molecular weight excluding hydrogens is 126 g/mol. The van der Waals surface area contributed by atoms with Crippen molar-refractivity contribution in [2.75, 3.05) is 0 Å². The van der Waals surface area contributed by atoms with E-state index in [0.29, 0.717) is 0 Å². The molecule has 0 aromatic heterocycles. The summed E-state index contributed by atoms with van der Waals surface area (Å²) in [5.74, 6) is 0.497. The molecule has 0 spiro atoms. The number of nitrogens with zero attached hydrogens (tertiary/aromatic N) is 1. The van der Waals surface area contributed by atoms with Crippen LogP contribution < -0.4 is 0 Å². The highest BCUT2D eigenvalue weighted by Gasteiger charge is 2.54. The SMILES string of the molecule is N#CC1(C(=O)C2CC2)CC1. The molecule has 2 heteroatoms. The van der Waals surface area contributed by atoms with Crippen LogP contribution in [0, 0.1) is 22.7 Å². The summed E-state index contributed by atoms with van der Waals surface area (Å²) in [6, 6.07) is 2.12. The summed E-state index contributed by atoms with van der Waals surface area (Å²) in [4.78, 5) is 11.3. The summed E-state index contributed by atoms with van der Waals surface area (Å²) in [6.45, 7) is 0. The van der Waals surface area contributed by atoms with E-state index in [2.05, 4.69) is 6.07 Å². The number of nitriles is 1. The van der Waals surface area contributed by atoms with Gasteiger partial charge in [0.15, 0.2) is 5.78 Å². The van der Waals surface area contributed by atoms with Gasteiger partial charge in [0.2, 0.25) is 0 Å². The zero-order chi connectivity index (χ0) is 7.19. The minimum absolute atomic E-state index is 0.231. The Morgan fingerprint density at radius 2 is 2.10 bits per heavy atom. The third-order valence-electron chi connectivity index (χ3n) is 2.38. The second kappa shape index (κ2) is 1.60. The molecule has 0 N–H and O–H groups in total. The predicted molar refractivity (Wildman–Crippen MR) is 35.0 cm³/mol. The van der Waals surface area contributed by atoms with Crippen molar-refractivity contribution in [1.29, 1.82) is 5.26 Å². The Bertz CT molecular complexity index is 218. The van der Waals surface area contributed by atoms with Crippen molar-refractivity contribution in [3.8, 4) is 6.07 Å². The fraction of sp³-hybridized carbons (Fsp3) is 0.750. The second-order valence-electron chi connectivity index (χ2n) is 3.33. The monoisotopic (exact) mass is 135 g/mol. The van der Waals surface area contributed by atoms with E-state index >= 15 is 0 Å². The predicted octanol–water partition coefficient (Wildman–Crippen LogP) is 1.27. The summed E-state index contributed by atoms with van der Waals surface area (Å²) in [7, 11) is 0. The number of rotatable bonds is 2. The van der Waals surface area contributed by atoms with Crippen molar-refractivity contribution in [3.05, 3.63) is 0 Å². The highest BCUT2D eigenvalue weighted by atomic mass is 16.1. The Labute approximate surface area is 59.8 Å². The summed E-state index contributed by atoms with van der Waals surface area (Å²) in [6.07, 6.45) is 3.70. The highest BCUT2D eigenvalue weighted by Crippen LogP contribution is 2.51. The molecule has 0 aliphatic heterocycles. The van der Waals surface area contributed by atoms with Crippen LogP contribution >= 0.6 is 0 Å². The van der Waals surface area contributed by atoms with Crippen molar-refractivity contribution in [3.63, 3.8) is 0 Å². The van der Waals surface area contributed by atoms with Crippen LogP contribution in [0.2, 0.25) is 0 Å². The largest absolute Gasteiger partial charge is 0.298 e. The van der Waals surface area contributed by atoms with Crippen LogP contribution in [0.25, 0.3) is 0 Å². The molecule has 52 valence electrons. The smallest absolute Gasteiger partial charge is 0.156 e. The fourth-order valence-corrected chi connectivity index (χ4v) is 1.27. The minimum Gasteiger partial charge on any atom is -0.298 e. The van der Waals surface area contributed by atoms with Gasteiger partial charge >= 0.3 is 0 Å². The molecule has 2 aliphatic carbocycles. The number of carbonyl (C=O) groups excluding carboxylic acids is 1. The van der Waals surface area contributed by atoms with Gasteiger partial charge in [0, 0.05) is 5.92 Å². The van der Waals surface area contributed by atoms with Gasteiger partial charge in [0.25, 0.3) is 0 Å². The first kappa shape index (κ1) is 5.91. The van der Waals surface area contributed by atoms with Crippen molar-refractivity contribution >= 4 is 5.78 Å². The summed E-state index contributed by atoms with van der Waals surface area (Å²) < 4.78 is 0. The number of carbonyl (C=O) groups is 1. The molecular formula is C8H9NO. The van der Waals surface area contributed by atoms with Crippen molar-refractivity contribution in [2.24, 2.45) is 11.3 Å². The summed E-state index contributed by atoms with van der Waals surface area (Å²) in [5.41, 5.74) is -0.499. The number of hydrogen-bond donors (Lipinski definition) is 0. The molecule has 2 rings (SSSR count). The Hall–Kier alpha value is -0.840. The van der Waals surface area contributed by atoms with Gasteiger partial charge < -0.3 is 0 Å². The van der Waals surface area contributed by atoms with Crippen LogP contribution in [0.5, 0.6) is 0 Å². The van der Waals surface area contributed by atoms with E-state index in [9.17, 15) is 4.79 Å². The lowest BCUT2D eigenvalue weighted by atomic mass is 10.00. The Kier molecular flexibility index (Phi) is 0.947. The molecule has 2 saturated carbocycles. The zero-order valence-electron chi connectivity index (χ0n) is 5.76. The number of ketones is 1. The second-order valence-corrected chi connectivity index (χ2v) is 3.33. The van der Waals surface area contributed by atoms with Crippen molar-refractivity contribution < 1.29 is 4.79 Å². The van der Waals surface area contributed by atoms with Crippen LogP contribution in [0.1, 0.15) is 25.7 Å². The number of hydrogen-bond acceptors (Lipinski definition) is 2. The highest BCUT2D eigenvalue weighted by molar-refractivity contribution is 5.93. The molecule has 2 aliphatic rings. The number of Topliss-reactive ketones (excluding diaryl/α,β-unsaturated/α-hetero) is 1. The Morgan fingerprint density at radius 3 is 2.40 bits per heavy atom. The van der Waals surface area contributed by atoms with Gasteiger partial charge in [-0.1, -0.05) is 0 Å². The van der Waals surface area contributed by atoms with Crippen LogP contribution in [0.15, 0.2) is 0 Å². The fourth-order valence-electron chi connectivity index (χ4n) is 1.27. The van der Waals surface area contributed by atoms with Gasteiger partial charge in [-0.05, 0) is 25.7 Å². The van der Waals surface area contributed by atoms with E-state index in [1.807, 2.05) is 0 Å². The molecule has 0 aromatic rings. The normalized spacial score (nSPS) is 27.1. The Morgan fingerprint density at radius 1 is 1.50 bits per heavy atom. The van der Waals surface area contributed by atoms with Gasteiger partial charge in [-0.2, -0.15) is 5.26 Å². The lowest BCUT2D eigenvalue weighted by Crippen LogP contribution is -2.14. The van der Waals surface area contributed by atoms with Crippen LogP contribution in [-0.4, -0.2) is 5.78 Å². The molecule has 10 heavy (non-hydrogen) atoms. The lowest BCUT2D eigenvalue weighted by Gasteiger charge is -1.99. The zero-order valence-corrected chi connectivity index (χ0v) is 5.76. The average Bonchev–Trinajstić information content (AvgIpc) is 2.84. The summed E-state index contributed by atoms with van der Waals surface area (Å²) >= 11 is 0. The van der Waals surface area contributed by atoms with Crippen LogP contribution in [0.3, 0.4) is 0 Å². The quantitative estimate of drug-likeness (QED) is 0.572. The van der Waals surface area contributed by atoms with Gasteiger partial charge in [0.1, 0.15) is 5.41 Å². The van der Waals surface area contributed by atoms with Gasteiger partial charge in [-0.15, -0.1) is 0 Å². The van der Waals surface area contributed by atoms with Gasteiger partial charge in [-0.3, -0.25) is 4.79 Å². The minimum atomic E-state index is -0.499. The first-order chi connectivity index (χ1) is 4.78. The van der Waals surface area contributed by atoms with E-state index in [4.69, 9.17) is 5.26 Å². The lowest BCUT2D eigenvalue weighted by molar-refractivity contribution is -0.123. The maximum absolute atomic E-state index is 11.3. The first-order valence-electron chi connectivity index (χ1n) is 3.74. The van der Waals surface area contributed by atoms with Crippen molar-refractivity contribution in [1.82, 2.24) is 0 Å². The van der Waals surface area contributed by atoms with E-state index in [1.54, 1.807) is 0 Å². The van der Waals surface area contributed by atoms with Crippen LogP contribution in [0.4, 0.5) is 0 Å². The Balaban J connectivity index is 2.11. The molecule has 2 nitrogen and oxygen atoms in total. The van der Waals surface area contributed by atoms with Crippen molar-refractivity contribution in [2.45, 2.75) is 25.7 Å². The van der Waals surface area contributed by atoms with Gasteiger partial charge in [-0.25, -0.2) is 0 Å². The third kappa shape index (κ3) is 0.668. The average molecular weight is 135 g/mol. The molecule has 2 fully saturated rings. The van der Waals surface area contributed by atoms with E-state index in [1.165, 1.54) is 0 Å². The topological polar surface area (TPSA) is 40.9 Å². The molecule has 0 radical (unpaired) electrons. The molecule has 0 atom stereocenters. The standard InChI is InChI=1S/C8H9NO/c9-5-8(3-4-8)7(10)6-1-2-6/h6H,1-4H2. The van der Waals surface area contributed by atoms with E-state index in [0.717, 1.165) is 25.7 Å². The third-order valence-corrected chi connectivity index (χ3v) is 2.38. The molecule has 0 amide bonds. The molecule has 0 aromatic carbocycles. The molecule has 0 heterocycles. The van der Waals surface area contributed by atoms with Crippen LogP contribution in [-0.2, 0) is 4.79 Å². The molecule has 0 unspecified atom stereocenters. The summed E-state index contributed by atoms with van der Waals surface area (Å²) in [5, 5.41) is 8.63. The van der Waals surface area contributed by atoms with E-state index in [-0.39, 0.29) is 11.7 Å². The maximum atomic E-state index is 11.3.